The Morgan fingerprint density at radius 1 is 1.00 bits per heavy atom. The maximum Gasteiger partial charge on any atom is 0.228 e. The Morgan fingerprint density at radius 2 is 1.70 bits per heavy atom. The van der Waals surface area contributed by atoms with Gasteiger partial charge in [0, 0.05) is 28.8 Å². The van der Waals surface area contributed by atoms with E-state index in [2.05, 4.69) is 43.3 Å². The summed E-state index contributed by atoms with van der Waals surface area (Å²) in [6, 6.07) is 19.5. The molecule has 1 aliphatic rings. The highest BCUT2D eigenvalue weighted by atomic mass is 79.9. The lowest BCUT2D eigenvalue weighted by molar-refractivity contribution is -0.115. The van der Waals surface area contributed by atoms with E-state index in [1.54, 1.807) is 0 Å². The minimum atomic E-state index is -0.0370. The molecule has 4 rings (SSSR count). The zero-order valence-corrected chi connectivity index (χ0v) is 18.6. The summed E-state index contributed by atoms with van der Waals surface area (Å²) in [6.07, 6.45) is 2.76. The molecule has 0 saturated carbocycles. The summed E-state index contributed by atoms with van der Waals surface area (Å²) < 4.78 is 1.00. The van der Waals surface area contributed by atoms with E-state index in [4.69, 9.17) is 0 Å². The Morgan fingerprint density at radius 3 is 2.33 bits per heavy atom. The molecule has 30 heavy (non-hydrogen) atoms. The van der Waals surface area contributed by atoms with Crippen molar-refractivity contribution in [3.63, 3.8) is 0 Å². The highest BCUT2D eigenvalue weighted by Gasteiger charge is 2.17. The number of carbonyl (C=O) groups excluding carboxylic acids is 1. The molecule has 0 unspecified atom stereocenters. The first kappa shape index (κ1) is 20.5. The molecular formula is C24H25BrN4O. The molecule has 2 aromatic carbocycles. The van der Waals surface area contributed by atoms with E-state index in [-0.39, 0.29) is 5.91 Å². The number of hydrogen-bond acceptors (Lipinski definition) is 4. The van der Waals surface area contributed by atoms with Gasteiger partial charge in [-0.05, 0) is 60.7 Å². The molecule has 2 heterocycles. The Kier molecular flexibility index (Phi) is 6.43. The second kappa shape index (κ2) is 9.39. The van der Waals surface area contributed by atoms with E-state index in [0.717, 1.165) is 51.8 Å². The van der Waals surface area contributed by atoms with Crippen molar-refractivity contribution >= 4 is 33.3 Å². The molecule has 0 radical (unpaired) electrons. The van der Waals surface area contributed by atoms with E-state index in [1.807, 2.05) is 60.7 Å². The van der Waals surface area contributed by atoms with E-state index in [1.165, 1.54) is 12.8 Å². The fourth-order valence-corrected chi connectivity index (χ4v) is 3.87. The van der Waals surface area contributed by atoms with Gasteiger partial charge in [-0.15, -0.1) is 10.2 Å². The van der Waals surface area contributed by atoms with Crippen LogP contribution in [0, 0.1) is 5.92 Å². The van der Waals surface area contributed by atoms with Gasteiger partial charge in [0.1, 0.15) is 0 Å². The summed E-state index contributed by atoms with van der Waals surface area (Å²) in [5.74, 6) is 1.70. The molecule has 6 heteroatoms. The average molecular weight is 465 g/mol. The van der Waals surface area contributed by atoms with Crippen molar-refractivity contribution in [2.75, 3.05) is 23.3 Å². The number of aromatic nitrogens is 2. The van der Waals surface area contributed by atoms with E-state index in [9.17, 15) is 4.79 Å². The Labute approximate surface area is 185 Å². The second-order valence-electron chi connectivity index (χ2n) is 7.88. The van der Waals surface area contributed by atoms with Crippen LogP contribution in [0.15, 0.2) is 65.1 Å². The van der Waals surface area contributed by atoms with Crippen molar-refractivity contribution in [2.45, 2.75) is 26.2 Å². The largest absolute Gasteiger partial charge is 0.355 e. The maximum atomic E-state index is 12.3. The molecule has 154 valence electrons. The normalized spacial score (nSPS) is 14.5. The van der Waals surface area contributed by atoms with Crippen molar-refractivity contribution in [1.82, 2.24) is 10.2 Å². The number of piperidine rings is 1. The molecule has 0 bridgehead atoms. The Balaban J connectivity index is 1.36. The number of hydrogen-bond donors (Lipinski definition) is 1. The summed E-state index contributed by atoms with van der Waals surface area (Å²) in [4.78, 5) is 14.6. The van der Waals surface area contributed by atoms with Crippen LogP contribution in [0.3, 0.4) is 0 Å². The van der Waals surface area contributed by atoms with Gasteiger partial charge in [0.2, 0.25) is 5.91 Å². The quantitative estimate of drug-likeness (QED) is 0.554. The topological polar surface area (TPSA) is 58.1 Å². The summed E-state index contributed by atoms with van der Waals surface area (Å²) in [5, 5.41) is 11.8. The van der Waals surface area contributed by atoms with Gasteiger partial charge in [0.05, 0.1) is 12.1 Å². The fourth-order valence-electron chi connectivity index (χ4n) is 3.60. The number of benzene rings is 2. The molecule has 0 spiro atoms. The molecule has 0 aliphatic carbocycles. The molecule has 1 aliphatic heterocycles. The van der Waals surface area contributed by atoms with Crippen LogP contribution in [0.1, 0.15) is 25.3 Å². The van der Waals surface area contributed by atoms with Gasteiger partial charge in [-0.2, -0.15) is 0 Å². The van der Waals surface area contributed by atoms with Crippen LogP contribution in [0.2, 0.25) is 0 Å². The monoisotopic (exact) mass is 464 g/mol. The van der Waals surface area contributed by atoms with Crippen molar-refractivity contribution in [3.05, 3.63) is 70.7 Å². The van der Waals surface area contributed by atoms with Crippen LogP contribution in [0.5, 0.6) is 0 Å². The first-order valence-corrected chi connectivity index (χ1v) is 11.1. The highest BCUT2D eigenvalue weighted by Crippen LogP contribution is 2.24. The number of halogens is 1. The standard InChI is InChI=1S/C24H25BrN4O/c1-17-12-14-29(15-13-17)23-11-10-22(27-28-23)19-4-8-21(9-5-19)26-24(30)16-18-2-6-20(25)7-3-18/h2-11,17H,12-16H2,1H3,(H,26,30). The van der Waals surface area contributed by atoms with Gasteiger partial charge in [0.25, 0.3) is 0 Å². The minimum Gasteiger partial charge on any atom is -0.355 e. The predicted octanol–water partition coefficient (Wildman–Crippen LogP) is 5.32. The number of nitrogens with one attached hydrogen (secondary N) is 1. The lowest BCUT2D eigenvalue weighted by Crippen LogP contribution is -2.33. The number of amides is 1. The molecule has 0 atom stereocenters. The van der Waals surface area contributed by atoms with Crippen molar-refractivity contribution in [1.29, 1.82) is 0 Å². The zero-order valence-electron chi connectivity index (χ0n) is 17.0. The van der Waals surface area contributed by atoms with Crippen LogP contribution in [0.25, 0.3) is 11.3 Å². The van der Waals surface area contributed by atoms with Crippen molar-refractivity contribution in [3.8, 4) is 11.3 Å². The van der Waals surface area contributed by atoms with E-state index in [0.29, 0.717) is 6.42 Å². The van der Waals surface area contributed by atoms with Crippen molar-refractivity contribution in [2.24, 2.45) is 5.92 Å². The van der Waals surface area contributed by atoms with Crippen molar-refractivity contribution < 1.29 is 4.79 Å². The van der Waals surface area contributed by atoms with Gasteiger partial charge in [0.15, 0.2) is 5.82 Å². The molecule has 1 fully saturated rings. The number of carbonyl (C=O) groups is 1. The zero-order chi connectivity index (χ0) is 20.9. The van der Waals surface area contributed by atoms with E-state index >= 15 is 0 Å². The smallest absolute Gasteiger partial charge is 0.228 e. The van der Waals surface area contributed by atoms with Gasteiger partial charge < -0.3 is 10.2 Å². The molecule has 5 nitrogen and oxygen atoms in total. The lowest BCUT2D eigenvalue weighted by Gasteiger charge is -2.30. The van der Waals surface area contributed by atoms with Crippen LogP contribution < -0.4 is 10.2 Å². The van der Waals surface area contributed by atoms with Gasteiger partial charge in [-0.1, -0.05) is 47.1 Å². The predicted molar refractivity (Wildman–Crippen MR) is 125 cm³/mol. The molecule has 1 N–H and O–H groups in total. The van der Waals surface area contributed by atoms with Crippen LogP contribution in [0.4, 0.5) is 11.5 Å². The number of nitrogens with zero attached hydrogens (tertiary/aromatic N) is 3. The number of rotatable bonds is 5. The Hall–Kier alpha value is -2.73. The third kappa shape index (κ3) is 5.25. The highest BCUT2D eigenvalue weighted by molar-refractivity contribution is 9.10. The summed E-state index contributed by atoms with van der Waals surface area (Å²) in [6.45, 7) is 4.40. The van der Waals surface area contributed by atoms with Crippen LogP contribution >= 0.6 is 15.9 Å². The SMILES string of the molecule is CC1CCN(c2ccc(-c3ccc(NC(=O)Cc4ccc(Br)cc4)cc3)nn2)CC1. The molecule has 3 aromatic rings. The Bertz CT molecular complexity index is 979. The third-order valence-corrected chi connectivity index (χ3v) is 6.03. The molecule has 1 amide bonds. The number of anilines is 2. The summed E-state index contributed by atoms with van der Waals surface area (Å²) in [5.41, 5.74) is 3.56. The summed E-state index contributed by atoms with van der Waals surface area (Å²) in [7, 11) is 0. The molecule has 1 aromatic heterocycles. The van der Waals surface area contributed by atoms with Gasteiger partial charge in [-0.3, -0.25) is 4.79 Å². The molecular weight excluding hydrogens is 440 g/mol. The fraction of sp³-hybridized carbons (Fsp3) is 0.292. The second-order valence-corrected chi connectivity index (χ2v) is 8.79. The first-order valence-electron chi connectivity index (χ1n) is 10.3. The van der Waals surface area contributed by atoms with Crippen LogP contribution in [-0.2, 0) is 11.2 Å². The first-order chi connectivity index (χ1) is 14.6. The summed E-state index contributed by atoms with van der Waals surface area (Å²) >= 11 is 3.41. The lowest BCUT2D eigenvalue weighted by atomic mass is 9.99. The van der Waals surface area contributed by atoms with Crippen LogP contribution in [-0.4, -0.2) is 29.2 Å². The minimum absolute atomic E-state index is 0.0370. The van der Waals surface area contributed by atoms with Gasteiger partial charge >= 0.3 is 0 Å². The molecule has 1 saturated heterocycles. The van der Waals surface area contributed by atoms with E-state index < -0.39 is 0 Å². The average Bonchev–Trinajstić information content (AvgIpc) is 2.77. The third-order valence-electron chi connectivity index (χ3n) is 5.50. The van der Waals surface area contributed by atoms with Gasteiger partial charge in [-0.25, -0.2) is 0 Å². The maximum absolute atomic E-state index is 12.3.